The first-order valence-corrected chi connectivity index (χ1v) is 5.92. The maximum atomic E-state index is 5.77. The van der Waals surface area contributed by atoms with Crippen molar-refractivity contribution >= 4 is 12.4 Å². The third-order valence-electron chi connectivity index (χ3n) is 4.05. The summed E-state index contributed by atoms with van der Waals surface area (Å²) in [7, 11) is 0. The van der Waals surface area contributed by atoms with Gasteiger partial charge in [0, 0.05) is 31.7 Å². The van der Waals surface area contributed by atoms with E-state index in [-0.39, 0.29) is 12.4 Å². The highest BCUT2D eigenvalue weighted by molar-refractivity contribution is 5.85. The highest BCUT2D eigenvalue weighted by Crippen LogP contribution is 2.34. The normalized spacial score (nSPS) is 45.4. The van der Waals surface area contributed by atoms with E-state index in [0.717, 1.165) is 38.2 Å². The van der Waals surface area contributed by atoms with E-state index in [4.69, 9.17) is 4.74 Å². The summed E-state index contributed by atoms with van der Waals surface area (Å²) in [5, 5.41) is 3.44. The molecule has 2 unspecified atom stereocenters. The Labute approximate surface area is 97.9 Å². The van der Waals surface area contributed by atoms with Gasteiger partial charge in [-0.05, 0) is 18.8 Å². The van der Waals surface area contributed by atoms with E-state index in [1.807, 2.05) is 0 Å². The lowest BCUT2D eigenvalue weighted by Gasteiger charge is -2.48. The van der Waals surface area contributed by atoms with Gasteiger partial charge in [0.2, 0.25) is 0 Å². The molecule has 3 aliphatic rings. The van der Waals surface area contributed by atoms with Crippen molar-refractivity contribution in [2.45, 2.75) is 38.0 Å². The molecule has 0 spiro atoms. The SMILES string of the molecule is CC1CC(N2CCOC3CNCC32)C1.Cl. The smallest absolute Gasteiger partial charge is 0.0867 e. The number of ether oxygens (including phenoxy) is 1. The number of morpholine rings is 1. The Morgan fingerprint density at radius 2 is 2.07 bits per heavy atom. The van der Waals surface area contributed by atoms with E-state index in [2.05, 4.69) is 17.1 Å². The van der Waals surface area contributed by atoms with Crippen LogP contribution in [0.5, 0.6) is 0 Å². The molecular weight excluding hydrogens is 212 g/mol. The van der Waals surface area contributed by atoms with Crippen LogP contribution >= 0.6 is 12.4 Å². The van der Waals surface area contributed by atoms with E-state index in [9.17, 15) is 0 Å². The zero-order chi connectivity index (χ0) is 9.54. The highest BCUT2D eigenvalue weighted by atomic mass is 35.5. The van der Waals surface area contributed by atoms with Gasteiger partial charge in [-0.25, -0.2) is 0 Å². The molecule has 0 radical (unpaired) electrons. The third kappa shape index (κ3) is 2.03. The Morgan fingerprint density at radius 3 is 2.80 bits per heavy atom. The predicted molar refractivity (Wildman–Crippen MR) is 62.5 cm³/mol. The molecule has 3 rings (SSSR count). The minimum atomic E-state index is 0. The van der Waals surface area contributed by atoms with E-state index in [1.165, 1.54) is 12.8 Å². The fourth-order valence-electron chi connectivity index (χ4n) is 3.20. The van der Waals surface area contributed by atoms with E-state index >= 15 is 0 Å². The summed E-state index contributed by atoms with van der Waals surface area (Å²) in [5.74, 6) is 0.954. The van der Waals surface area contributed by atoms with Crippen LogP contribution in [-0.2, 0) is 4.74 Å². The molecule has 2 saturated heterocycles. The van der Waals surface area contributed by atoms with Crippen LogP contribution in [0.1, 0.15) is 19.8 Å². The maximum Gasteiger partial charge on any atom is 0.0867 e. The molecule has 2 heterocycles. The van der Waals surface area contributed by atoms with Crippen molar-refractivity contribution in [2.24, 2.45) is 5.92 Å². The summed E-state index contributed by atoms with van der Waals surface area (Å²) in [5.41, 5.74) is 0. The number of hydrogen-bond donors (Lipinski definition) is 1. The highest BCUT2D eigenvalue weighted by Gasteiger charge is 2.42. The van der Waals surface area contributed by atoms with Gasteiger partial charge in [-0.15, -0.1) is 12.4 Å². The molecule has 3 nitrogen and oxygen atoms in total. The number of hydrogen-bond acceptors (Lipinski definition) is 3. The third-order valence-corrected chi connectivity index (χ3v) is 4.05. The van der Waals surface area contributed by atoms with Crippen LogP contribution in [0, 0.1) is 5.92 Å². The minimum absolute atomic E-state index is 0. The molecule has 15 heavy (non-hydrogen) atoms. The van der Waals surface area contributed by atoms with Crippen LogP contribution in [0.4, 0.5) is 0 Å². The summed E-state index contributed by atoms with van der Waals surface area (Å²) in [4.78, 5) is 2.70. The largest absolute Gasteiger partial charge is 0.374 e. The average Bonchev–Trinajstić information content (AvgIpc) is 2.60. The second-order valence-electron chi connectivity index (χ2n) is 5.10. The fraction of sp³-hybridized carbons (Fsp3) is 1.00. The van der Waals surface area contributed by atoms with Crippen molar-refractivity contribution < 1.29 is 4.74 Å². The van der Waals surface area contributed by atoms with Gasteiger partial charge in [-0.3, -0.25) is 4.90 Å². The topological polar surface area (TPSA) is 24.5 Å². The summed E-state index contributed by atoms with van der Waals surface area (Å²) < 4.78 is 5.77. The first-order valence-electron chi connectivity index (χ1n) is 5.92. The zero-order valence-electron chi connectivity index (χ0n) is 9.32. The monoisotopic (exact) mass is 232 g/mol. The van der Waals surface area contributed by atoms with Crippen molar-refractivity contribution in [3.63, 3.8) is 0 Å². The van der Waals surface area contributed by atoms with Gasteiger partial charge in [0.1, 0.15) is 0 Å². The van der Waals surface area contributed by atoms with Crippen LogP contribution in [-0.4, -0.2) is 49.3 Å². The van der Waals surface area contributed by atoms with Crippen molar-refractivity contribution in [1.82, 2.24) is 10.2 Å². The number of nitrogens with one attached hydrogen (secondary N) is 1. The van der Waals surface area contributed by atoms with Crippen LogP contribution in [0.2, 0.25) is 0 Å². The molecule has 2 atom stereocenters. The Balaban J connectivity index is 0.000000853. The van der Waals surface area contributed by atoms with Crippen molar-refractivity contribution in [3.05, 3.63) is 0 Å². The number of nitrogens with zero attached hydrogens (tertiary/aromatic N) is 1. The van der Waals surface area contributed by atoms with Crippen molar-refractivity contribution in [2.75, 3.05) is 26.2 Å². The quantitative estimate of drug-likeness (QED) is 0.727. The summed E-state index contributed by atoms with van der Waals surface area (Å²) in [6.07, 6.45) is 3.28. The minimum Gasteiger partial charge on any atom is -0.374 e. The molecule has 3 fully saturated rings. The van der Waals surface area contributed by atoms with Crippen LogP contribution in [0.25, 0.3) is 0 Å². The van der Waals surface area contributed by atoms with E-state index in [0.29, 0.717) is 12.1 Å². The van der Waals surface area contributed by atoms with Crippen molar-refractivity contribution in [1.29, 1.82) is 0 Å². The number of halogens is 1. The molecule has 4 heteroatoms. The Bertz CT molecular complexity index is 221. The van der Waals surface area contributed by atoms with E-state index in [1.54, 1.807) is 0 Å². The van der Waals surface area contributed by atoms with Crippen molar-refractivity contribution in [3.8, 4) is 0 Å². The van der Waals surface area contributed by atoms with Gasteiger partial charge in [0.15, 0.2) is 0 Å². The lowest BCUT2D eigenvalue weighted by atomic mass is 9.80. The molecule has 88 valence electrons. The molecule has 2 aliphatic heterocycles. The predicted octanol–water partition coefficient (Wildman–Crippen LogP) is 0.879. The van der Waals surface area contributed by atoms with Crippen LogP contribution in [0.3, 0.4) is 0 Å². The Hall–Kier alpha value is 0.170. The van der Waals surface area contributed by atoms with Crippen LogP contribution < -0.4 is 5.32 Å². The lowest BCUT2D eigenvalue weighted by Crippen LogP contribution is -2.57. The fourth-order valence-corrected chi connectivity index (χ4v) is 3.20. The van der Waals surface area contributed by atoms with Gasteiger partial charge in [-0.1, -0.05) is 6.92 Å². The summed E-state index contributed by atoms with van der Waals surface area (Å²) in [6.45, 7) is 6.65. The molecular formula is C11H21ClN2O. The second-order valence-corrected chi connectivity index (χ2v) is 5.10. The van der Waals surface area contributed by atoms with Gasteiger partial charge in [0.05, 0.1) is 12.7 Å². The molecule has 0 aromatic heterocycles. The zero-order valence-corrected chi connectivity index (χ0v) is 10.1. The molecule has 1 aliphatic carbocycles. The number of fused-ring (bicyclic) bond motifs is 1. The molecule has 0 bridgehead atoms. The molecule has 0 aromatic carbocycles. The first kappa shape index (κ1) is 11.6. The molecule has 1 saturated carbocycles. The first-order chi connectivity index (χ1) is 6.84. The standard InChI is InChI=1S/C11H20N2O.ClH/c1-8-4-9(5-8)13-2-3-14-11-7-12-6-10(11)13;/h8-12H,2-7H2,1H3;1H. The molecule has 1 N–H and O–H groups in total. The van der Waals surface area contributed by atoms with E-state index < -0.39 is 0 Å². The van der Waals surface area contributed by atoms with Gasteiger partial charge < -0.3 is 10.1 Å². The van der Waals surface area contributed by atoms with Gasteiger partial charge in [0.25, 0.3) is 0 Å². The molecule has 0 aromatic rings. The summed E-state index contributed by atoms with van der Waals surface area (Å²) in [6, 6.07) is 1.53. The maximum absolute atomic E-state index is 5.77. The van der Waals surface area contributed by atoms with Crippen LogP contribution in [0.15, 0.2) is 0 Å². The van der Waals surface area contributed by atoms with Gasteiger partial charge in [-0.2, -0.15) is 0 Å². The average molecular weight is 233 g/mol. The second kappa shape index (κ2) is 4.58. The molecule has 0 amide bonds. The van der Waals surface area contributed by atoms with Gasteiger partial charge >= 0.3 is 0 Å². The lowest BCUT2D eigenvalue weighted by molar-refractivity contribution is -0.0831. The number of rotatable bonds is 1. The summed E-state index contributed by atoms with van der Waals surface area (Å²) >= 11 is 0. The Kier molecular flexibility index (Phi) is 3.56. The Morgan fingerprint density at radius 1 is 1.27 bits per heavy atom.